The Bertz CT molecular complexity index is 1410. The van der Waals surface area contributed by atoms with E-state index in [0.29, 0.717) is 10.9 Å². The van der Waals surface area contributed by atoms with Crippen LogP contribution >= 0.6 is 0 Å². The van der Waals surface area contributed by atoms with Crippen LogP contribution in [0.15, 0.2) is 47.4 Å². The molecule has 5 heteroatoms. The molecule has 158 valence electrons. The maximum Gasteiger partial charge on any atom is 0.261 e. The maximum absolute atomic E-state index is 13.2. The predicted octanol–water partition coefficient (Wildman–Crippen LogP) is 5.47. The van der Waals surface area contributed by atoms with Gasteiger partial charge in [0.15, 0.2) is 0 Å². The Morgan fingerprint density at radius 2 is 1.90 bits per heavy atom. The number of aromatic nitrogens is 1. The molecule has 0 bridgehead atoms. The molecule has 2 aromatic carbocycles. The first kappa shape index (κ1) is 13.3. The van der Waals surface area contributed by atoms with Crippen LogP contribution in [0.3, 0.4) is 0 Å². The van der Waals surface area contributed by atoms with Crippen LogP contribution in [0.2, 0.25) is 0 Å². The number of phenolic OH excluding ortho intramolecular Hbond substituents is 1. The molecule has 0 aliphatic heterocycles. The van der Waals surface area contributed by atoms with E-state index in [1.54, 1.807) is 45.0 Å². The molecule has 5 nitrogen and oxygen atoms in total. The lowest BCUT2D eigenvalue weighted by atomic mass is 9.77. The van der Waals surface area contributed by atoms with Crippen LogP contribution in [0.25, 0.3) is 10.9 Å². The number of fused-ring (bicyclic) bond motifs is 1. The molecule has 0 saturated carbocycles. The van der Waals surface area contributed by atoms with Crippen molar-refractivity contribution in [3.63, 3.8) is 0 Å². The minimum absolute atomic E-state index is 0.0120. The molecule has 1 aromatic heterocycles. The van der Waals surface area contributed by atoms with E-state index in [0.717, 1.165) is 19.1 Å². The zero-order chi connectivity index (χ0) is 29.1. The largest absolute Gasteiger partial charge is 0.508 e. The summed E-state index contributed by atoms with van der Waals surface area (Å²) in [6, 6.07) is 8.75. The lowest BCUT2D eigenvalue weighted by Gasteiger charge is -2.30. The highest BCUT2D eigenvalue weighted by Crippen LogP contribution is 2.41. The van der Waals surface area contributed by atoms with Gasteiger partial charge in [-0.1, -0.05) is 53.5 Å². The standard InChI is InChI=1S/C25H30N2O3/c1-7-25(5,6)18-12-17(24(2,3)4)20(13-21(18)28)27-23(30)16-14-26-19-11-9-8-10-15(19)22(16)29/h8-14,28H,7H2,1-6H3,(H,26,29)(H,27,30)/i5D3,6D3,7D2. The Labute approximate surface area is 188 Å². The zero-order valence-corrected chi connectivity index (χ0v) is 17.3. The van der Waals surface area contributed by atoms with Crippen molar-refractivity contribution in [2.24, 2.45) is 0 Å². The number of H-pyrrole nitrogens is 1. The monoisotopic (exact) mass is 414 g/mol. The van der Waals surface area contributed by atoms with Gasteiger partial charge < -0.3 is 15.4 Å². The number of amides is 1. The molecule has 0 unspecified atom stereocenters. The van der Waals surface area contributed by atoms with E-state index in [1.807, 2.05) is 0 Å². The number of pyridine rings is 1. The Morgan fingerprint density at radius 3 is 2.53 bits per heavy atom. The smallest absolute Gasteiger partial charge is 0.261 e. The summed E-state index contributed by atoms with van der Waals surface area (Å²) in [5.74, 6) is -1.63. The van der Waals surface area contributed by atoms with Crippen LogP contribution in [0.5, 0.6) is 5.75 Å². The first-order valence-corrected chi connectivity index (χ1v) is 9.44. The van der Waals surface area contributed by atoms with E-state index >= 15 is 0 Å². The first-order valence-electron chi connectivity index (χ1n) is 13.4. The molecule has 30 heavy (non-hydrogen) atoms. The Morgan fingerprint density at radius 1 is 1.20 bits per heavy atom. The summed E-state index contributed by atoms with van der Waals surface area (Å²) < 4.78 is 65.2. The van der Waals surface area contributed by atoms with Crippen molar-refractivity contribution in [3.8, 4) is 5.75 Å². The Hall–Kier alpha value is -3.08. The van der Waals surface area contributed by atoms with E-state index < -0.39 is 53.6 Å². The third-order valence-electron chi connectivity index (χ3n) is 5.00. The van der Waals surface area contributed by atoms with Crippen molar-refractivity contribution in [1.29, 1.82) is 0 Å². The van der Waals surface area contributed by atoms with Gasteiger partial charge >= 0.3 is 0 Å². The number of rotatable bonds is 4. The van der Waals surface area contributed by atoms with Crippen LogP contribution < -0.4 is 10.7 Å². The molecule has 1 amide bonds. The molecule has 3 rings (SSSR count). The number of aromatic hydroxyl groups is 1. The normalized spacial score (nSPS) is 17.5. The number of carbonyl (C=O) groups is 1. The average Bonchev–Trinajstić information content (AvgIpc) is 2.72. The number of hydrogen-bond donors (Lipinski definition) is 3. The SMILES string of the molecule is [2H]C([2H])([2H])C(c1cc(C(C)(C)C)c(NC(=O)c2c[nH]c3ccccc3c2=O)cc1O)(C([2H])([2H])[2H])C([2H])([2H])C. The van der Waals surface area contributed by atoms with Gasteiger partial charge in [-0.25, -0.2) is 0 Å². The second-order valence-corrected chi connectivity index (χ2v) is 8.20. The van der Waals surface area contributed by atoms with E-state index in [9.17, 15) is 14.7 Å². The van der Waals surface area contributed by atoms with Crippen molar-refractivity contribution in [2.75, 3.05) is 5.32 Å². The summed E-state index contributed by atoms with van der Waals surface area (Å²) in [5.41, 5.74) is -4.53. The zero-order valence-electron chi connectivity index (χ0n) is 25.3. The van der Waals surface area contributed by atoms with Crippen LogP contribution in [0.4, 0.5) is 5.69 Å². The van der Waals surface area contributed by atoms with Gasteiger partial charge in [-0.2, -0.15) is 0 Å². The van der Waals surface area contributed by atoms with Crippen molar-refractivity contribution in [3.05, 3.63) is 69.5 Å². The van der Waals surface area contributed by atoms with Crippen LogP contribution in [0, 0.1) is 0 Å². The molecule has 0 fully saturated rings. The number of para-hydroxylation sites is 1. The third-order valence-corrected chi connectivity index (χ3v) is 5.00. The van der Waals surface area contributed by atoms with E-state index in [-0.39, 0.29) is 16.8 Å². The summed E-state index contributed by atoms with van der Waals surface area (Å²) in [5, 5.41) is 13.9. The number of carbonyl (C=O) groups excluding carboxylic acids is 1. The summed E-state index contributed by atoms with van der Waals surface area (Å²) >= 11 is 0. The van der Waals surface area contributed by atoms with Gasteiger partial charge in [0, 0.05) is 39.8 Å². The van der Waals surface area contributed by atoms with Gasteiger partial charge in [-0.3, -0.25) is 9.59 Å². The summed E-state index contributed by atoms with van der Waals surface area (Å²) in [6.45, 7) is -0.792. The van der Waals surface area contributed by atoms with Crippen molar-refractivity contribution in [2.45, 2.75) is 58.6 Å². The van der Waals surface area contributed by atoms with Gasteiger partial charge in [-0.05, 0) is 46.5 Å². The number of phenols is 1. The Kier molecular flexibility index (Phi) is 3.38. The highest BCUT2D eigenvalue weighted by molar-refractivity contribution is 6.06. The number of benzene rings is 2. The van der Waals surface area contributed by atoms with Gasteiger partial charge in [-0.15, -0.1) is 0 Å². The molecular weight excluding hydrogens is 376 g/mol. The fourth-order valence-corrected chi connectivity index (χ4v) is 3.27. The molecule has 1 heterocycles. The molecular formula is C25H30N2O3. The fraction of sp³-hybridized carbons (Fsp3) is 0.360. The molecule has 0 saturated heterocycles. The second-order valence-electron chi connectivity index (χ2n) is 8.20. The number of aromatic amines is 1. The van der Waals surface area contributed by atoms with Crippen molar-refractivity contribution >= 4 is 22.5 Å². The topological polar surface area (TPSA) is 82.2 Å². The quantitative estimate of drug-likeness (QED) is 0.529. The van der Waals surface area contributed by atoms with Gasteiger partial charge in [0.05, 0.1) is 0 Å². The first-order chi connectivity index (χ1) is 17.1. The maximum atomic E-state index is 13.2. The van der Waals surface area contributed by atoms with Crippen molar-refractivity contribution in [1.82, 2.24) is 4.98 Å². The molecule has 0 aliphatic rings. The van der Waals surface area contributed by atoms with E-state index in [4.69, 9.17) is 11.0 Å². The highest BCUT2D eigenvalue weighted by Gasteiger charge is 2.28. The third kappa shape index (κ3) is 3.97. The molecule has 0 radical (unpaired) electrons. The number of nitrogens with one attached hydrogen (secondary N) is 2. The van der Waals surface area contributed by atoms with Gasteiger partial charge in [0.25, 0.3) is 5.91 Å². The number of hydrogen-bond acceptors (Lipinski definition) is 3. The van der Waals surface area contributed by atoms with Gasteiger partial charge in [0.2, 0.25) is 5.43 Å². The number of anilines is 1. The van der Waals surface area contributed by atoms with Crippen LogP contribution in [-0.4, -0.2) is 16.0 Å². The molecule has 3 aromatic rings. The van der Waals surface area contributed by atoms with Gasteiger partial charge in [0.1, 0.15) is 11.3 Å². The average molecular weight is 415 g/mol. The molecule has 0 spiro atoms. The molecule has 0 aliphatic carbocycles. The highest BCUT2D eigenvalue weighted by atomic mass is 16.3. The lowest BCUT2D eigenvalue weighted by Crippen LogP contribution is -2.25. The van der Waals surface area contributed by atoms with Crippen LogP contribution in [-0.2, 0) is 10.8 Å². The summed E-state index contributed by atoms with van der Waals surface area (Å²) in [7, 11) is 0. The summed E-state index contributed by atoms with van der Waals surface area (Å²) in [4.78, 5) is 29.0. The minimum Gasteiger partial charge on any atom is -0.508 e. The summed E-state index contributed by atoms with van der Waals surface area (Å²) in [6.07, 6.45) is -1.58. The predicted molar refractivity (Wildman–Crippen MR) is 123 cm³/mol. The molecule has 0 atom stereocenters. The fourth-order valence-electron chi connectivity index (χ4n) is 3.27. The van der Waals surface area contributed by atoms with Crippen LogP contribution in [0.1, 0.15) is 80.2 Å². The minimum atomic E-state index is -3.40. The second kappa shape index (κ2) is 7.63. The van der Waals surface area contributed by atoms with E-state index in [1.165, 1.54) is 6.20 Å². The van der Waals surface area contributed by atoms with E-state index in [2.05, 4.69) is 10.3 Å². The lowest BCUT2D eigenvalue weighted by molar-refractivity contribution is 0.102. The molecule has 3 N–H and O–H groups in total. The Balaban J connectivity index is 2.27. The van der Waals surface area contributed by atoms with Crippen molar-refractivity contribution < 1.29 is 20.9 Å².